The first-order valence-corrected chi connectivity index (χ1v) is 7.11. The van der Waals surface area contributed by atoms with E-state index in [4.69, 9.17) is 4.74 Å². The number of H-pyrrole nitrogens is 1. The number of hydrogen-bond donors (Lipinski definition) is 1. The lowest BCUT2D eigenvalue weighted by molar-refractivity contribution is -0.156. The molecule has 0 saturated heterocycles. The fourth-order valence-corrected chi connectivity index (χ4v) is 4.05. The van der Waals surface area contributed by atoms with Crippen molar-refractivity contribution < 1.29 is 9.53 Å². The average molecular weight is 262 g/mol. The summed E-state index contributed by atoms with van der Waals surface area (Å²) < 4.78 is 5.77. The molecule has 2 aliphatic rings. The van der Waals surface area contributed by atoms with Crippen molar-refractivity contribution in [2.24, 2.45) is 16.7 Å². The van der Waals surface area contributed by atoms with Crippen molar-refractivity contribution in [2.45, 2.75) is 52.6 Å². The van der Waals surface area contributed by atoms with Gasteiger partial charge in [-0.15, -0.1) is 0 Å². The molecule has 3 rings (SSSR count). The van der Waals surface area contributed by atoms with Crippen LogP contribution in [0.5, 0.6) is 0 Å². The Morgan fingerprint density at radius 1 is 1.53 bits per heavy atom. The highest BCUT2D eigenvalue weighted by Crippen LogP contribution is 2.66. The minimum atomic E-state index is -0.140. The largest absolute Gasteiger partial charge is 0.461 e. The highest BCUT2D eigenvalue weighted by Gasteiger charge is 2.62. The van der Waals surface area contributed by atoms with Crippen molar-refractivity contribution in [3.8, 4) is 0 Å². The monoisotopic (exact) mass is 262 g/mol. The summed E-state index contributed by atoms with van der Waals surface area (Å²) in [6.07, 6.45) is 5.50. The zero-order valence-corrected chi connectivity index (χ0v) is 11.9. The highest BCUT2D eigenvalue weighted by atomic mass is 16.5. The summed E-state index contributed by atoms with van der Waals surface area (Å²) in [6.45, 7) is 6.94. The van der Waals surface area contributed by atoms with E-state index in [-0.39, 0.29) is 29.3 Å². The third-order valence-electron chi connectivity index (χ3n) is 5.88. The van der Waals surface area contributed by atoms with E-state index >= 15 is 0 Å². The molecule has 1 N–H and O–H groups in total. The van der Waals surface area contributed by atoms with Crippen molar-refractivity contribution in [3.05, 3.63) is 18.0 Å². The van der Waals surface area contributed by atoms with Gasteiger partial charge in [0.05, 0.1) is 6.42 Å². The summed E-state index contributed by atoms with van der Waals surface area (Å²) in [7, 11) is 0. The molecule has 1 aromatic rings. The van der Waals surface area contributed by atoms with Crippen molar-refractivity contribution in [2.75, 3.05) is 0 Å². The van der Waals surface area contributed by atoms with Crippen LogP contribution in [0.3, 0.4) is 0 Å². The van der Waals surface area contributed by atoms with Gasteiger partial charge < -0.3 is 4.74 Å². The SMILES string of the molecule is CC1(C)C2CCC1(C)C(OC(=O)Cc1ccn[nH]1)C2. The molecule has 0 aromatic carbocycles. The van der Waals surface area contributed by atoms with Gasteiger partial charge in [0.15, 0.2) is 0 Å². The van der Waals surface area contributed by atoms with Crippen LogP contribution < -0.4 is 0 Å². The van der Waals surface area contributed by atoms with Gasteiger partial charge in [-0.25, -0.2) is 0 Å². The number of carbonyl (C=O) groups is 1. The molecule has 19 heavy (non-hydrogen) atoms. The Balaban J connectivity index is 1.67. The number of nitrogens with one attached hydrogen (secondary N) is 1. The number of esters is 1. The topological polar surface area (TPSA) is 55.0 Å². The summed E-state index contributed by atoms with van der Waals surface area (Å²) >= 11 is 0. The second kappa shape index (κ2) is 4.09. The molecule has 2 bridgehead atoms. The third-order valence-corrected chi connectivity index (χ3v) is 5.88. The van der Waals surface area contributed by atoms with Gasteiger partial charge in [0.25, 0.3) is 0 Å². The fourth-order valence-electron chi connectivity index (χ4n) is 4.05. The number of ether oxygens (including phenoxy) is 1. The average Bonchev–Trinajstić information content (AvgIpc) is 2.95. The maximum atomic E-state index is 12.0. The van der Waals surface area contributed by atoms with Crippen LogP contribution in [-0.4, -0.2) is 22.3 Å². The lowest BCUT2D eigenvalue weighted by Crippen LogP contribution is -2.38. The predicted molar refractivity (Wildman–Crippen MR) is 71.4 cm³/mol. The lowest BCUT2D eigenvalue weighted by atomic mass is 9.70. The molecule has 0 aliphatic heterocycles. The zero-order chi connectivity index (χ0) is 13.7. The first-order chi connectivity index (χ1) is 8.93. The number of hydrogen-bond acceptors (Lipinski definition) is 3. The molecule has 3 atom stereocenters. The Hall–Kier alpha value is -1.32. The first kappa shape index (κ1) is 12.7. The van der Waals surface area contributed by atoms with Crippen LogP contribution in [0.25, 0.3) is 0 Å². The van der Waals surface area contributed by atoms with Crippen LogP contribution in [0.4, 0.5) is 0 Å². The van der Waals surface area contributed by atoms with Gasteiger partial charge in [-0.05, 0) is 36.7 Å². The number of carbonyl (C=O) groups excluding carboxylic acids is 1. The molecule has 104 valence electrons. The molecule has 0 spiro atoms. The van der Waals surface area contributed by atoms with Crippen LogP contribution in [0.1, 0.15) is 45.7 Å². The van der Waals surface area contributed by atoms with E-state index in [2.05, 4.69) is 31.0 Å². The molecule has 0 radical (unpaired) electrons. The Labute approximate surface area is 113 Å². The number of aromatic nitrogens is 2. The number of fused-ring (bicyclic) bond motifs is 2. The standard InChI is InChI=1S/C15H22N2O2/c1-14(2)10-4-6-15(14,3)12(8-10)19-13(18)9-11-5-7-16-17-11/h5,7,10,12H,4,6,8-9H2,1-3H3,(H,16,17). The van der Waals surface area contributed by atoms with Crippen molar-refractivity contribution in [3.63, 3.8) is 0 Å². The lowest BCUT2D eigenvalue weighted by Gasteiger charge is -2.38. The molecule has 4 heteroatoms. The molecular weight excluding hydrogens is 240 g/mol. The molecule has 2 fully saturated rings. The van der Waals surface area contributed by atoms with Gasteiger partial charge in [0, 0.05) is 17.3 Å². The quantitative estimate of drug-likeness (QED) is 0.852. The summed E-state index contributed by atoms with van der Waals surface area (Å²) in [5, 5.41) is 6.65. The summed E-state index contributed by atoms with van der Waals surface area (Å²) in [5.41, 5.74) is 1.24. The number of aromatic amines is 1. The van der Waals surface area contributed by atoms with Gasteiger partial charge in [-0.1, -0.05) is 20.8 Å². The number of nitrogens with zero attached hydrogens (tertiary/aromatic N) is 1. The summed E-state index contributed by atoms with van der Waals surface area (Å²) in [6, 6.07) is 1.81. The van der Waals surface area contributed by atoms with E-state index < -0.39 is 0 Å². The second-order valence-electron chi connectivity index (χ2n) is 6.85. The van der Waals surface area contributed by atoms with Crippen LogP contribution in [0.2, 0.25) is 0 Å². The molecule has 0 amide bonds. The second-order valence-corrected chi connectivity index (χ2v) is 6.85. The molecule has 2 aliphatic carbocycles. The van der Waals surface area contributed by atoms with Crippen molar-refractivity contribution in [1.82, 2.24) is 10.2 Å². The van der Waals surface area contributed by atoms with Gasteiger partial charge >= 0.3 is 5.97 Å². The predicted octanol–water partition coefficient (Wildman–Crippen LogP) is 2.71. The van der Waals surface area contributed by atoms with Gasteiger partial charge in [-0.3, -0.25) is 9.89 Å². The Kier molecular flexibility index (Phi) is 2.73. The summed E-state index contributed by atoms with van der Waals surface area (Å²) in [4.78, 5) is 12.0. The van der Waals surface area contributed by atoms with Crippen LogP contribution in [0.15, 0.2) is 12.3 Å². The van der Waals surface area contributed by atoms with Gasteiger partial charge in [-0.2, -0.15) is 5.10 Å². The van der Waals surface area contributed by atoms with Crippen molar-refractivity contribution in [1.29, 1.82) is 0 Å². The Bertz CT molecular complexity index is 480. The third kappa shape index (κ3) is 1.80. The maximum Gasteiger partial charge on any atom is 0.312 e. The molecule has 3 unspecified atom stereocenters. The van der Waals surface area contributed by atoms with E-state index in [1.807, 2.05) is 6.07 Å². The fraction of sp³-hybridized carbons (Fsp3) is 0.733. The minimum absolute atomic E-state index is 0.0803. The molecule has 2 saturated carbocycles. The van der Waals surface area contributed by atoms with E-state index in [0.29, 0.717) is 5.92 Å². The molecule has 1 aromatic heterocycles. The highest BCUT2D eigenvalue weighted by molar-refractivity contribution is 5.72. The van der Waals surface area contributed by atoms with E-state index in [1.165, 1.54) is 12.8 Å². The van der Waals surface area contributed by atoms with E-state index in [9.17, 15) is 4.79 Å². The first-order valence-electron chi connectivity index (χ1n) is 7.11. The van der Waals surface area contributed by atoms with E-state index in [0.717, 1.165) is 12.1 Å². The minimum Gasteiger partial charge on any atom is -0.461 e. The smallest absolute Gasteiger partial charge is 0.312 e. The van der Waals surface area contributed by atoms with Gasteiger partial charge in [0.2, 0.25) is 0 Å². The molecular formula is C15H22N2O2. The maximum absolute atomic E-state index is 12.0. The van der Waals surface area contributed by atoms with Crippen LogP contribution >= 0.6 is 0 Å². The molecule has 1 heterocycles. The van der Waals surface area contributed by atoms with Crippen molar-refractivity contribution >= 4 is 5.97 Å². The zero-order valence-electron chi connectivity index (χ0n) is 11.9. The van der Waals surface area contributed by atoms with E-state index in [1.54, 1.807) is 6.20 Å². The summed E-state index contributed by atoms with van der Waals surface area (Å²) in [5.74, 6) is 0.557. The molecule has 4 nitrogen and oxygen atoms in total. The van der Waals surface area contributed by atoms with Crippen LogP contribution in [-0.2, 0) is 16.0 Å². The Morgan fingerprint density at radius 2 is 2.32 bits per heavy atom. The van der Waals surface area contributed by atoms with Crippen LogP contribution in [0, 0.1) is 16.7 Å². The normalized spacial score (nSPS) is 35.5. The number of rotatable bonds is 3. The van der Waals surface area contributed by atoms with Gasteiger partial charge in [0.1, 0.15) is 6.10 Å². The Morgan fingerprint density at radius 3 is 2.84 bits per heavy atom.